The molecular formula is C28H25F3N4O2. The number of amides is 1. The Bertz CT molecular complexity index is 1450. The van der Waals surface area contributed by atoms with E-state index in [1.54, 1.807) is 30.4 Å². The van der Waals surface area contributed by atoms with Gasteiger partial charge in [-0.3, -0.25) is 4.79 Å². The van der Waals surface area contributed by atoms with Crippen LogP contribution >= 0.6 is 0 Å². The number of H-pyrrole nitrogens is 1. The van der Waals surface area contributed by atoms with Gasteiger partial charge in [0.15, 0.2) is 0 Å². The molecule has 6 nitrogen and oxygen atoms in total. The minimum absolute atomic E-state index is 0.218. The second kappa shape index (κ2) is 10.7. The second-order valence-corrected chi connectivity index (χ2v) is 8.52. The van der Waals surface area contributed by atoms with Gasteiger partial charge in [-0.2, -0.15) is 13.2 Å². The third kappa shape index (κ3) is 6.25. The minimum Gasteiger partial charge on any atom is -0.388 e. The first-order chi connectivity index (χ1) is 17.6. The van der Waals surface area contributed by atoms with E-state index >= 15 is 0 Å². The molecule has 9 heteroatoms. The van der Waals surface area contributed by atoms with Crippen LogP contribution in [0.2, 0.25) is 0 Å². The van der Waals surface area contributed by atoms with E-state index in [9.17, 15) is 23.1 Å². The number of nitrogens with one attached hydrogen (secondary N) is 2. The van der Waals surface area contributed by atoms with Gasteiger partial charge < -0.3 is 20.3 Å². The summed E-state index contributed by atoms with van der Waals surface area (Å²) in [5, 5.41) is 12.0. The van der Waals surface area contributed by atoms with E-state index in [0.29, 0.717) is 28.2 Å². The molecule has 0 saturated heterocycles. The lowest BCUT2D eigenvalue weighted by Gasteiger charge is -2.14. The van der Waals surface area contributed by atoms with Crippen LogP contribution < -0.4 is 10.2 Å². The van der Waals surface area contributed by atoms with E-state index in [0.717, 1.165) is 28.9 Å². The zero-order chi connectivity index (χ0) is 26.6. The molecule has 0 aliphatic carbocycles. The van der Waals surface area contributed by atoms with Crippen molar-refractivity contribution >= 4 is 33.9 Å². The summed E-state index contributed by atoms with van der Waals surface area (Å²) < 4.78 is 39.1. The van der Waals surface area contributed by atoms with Gasteiger partial charge in [-0.1, -0.05) is 36.4 Å². The van der Waals surface area contributed by atoms with Crippen LogP contribution in [-0.4, -0.2) is 35.1 Å². The number of rotatable bonds is 7. The summed E-state index contributed by atoms with van der Waals surface area (Å²) in [6.45, 7) is -0.218. The molecule has 4 rings (SSSR count). The van der Waals surface area contributed by atoms with Crippen molar-refractivity contribution in [1.82, 2.24) is 9.97 Å². The van der Waals surface area contributed by atoms with Crippen LogP contribution in [0, 0.1) is 0 Å². The highest BCUT2D eigenvalue weighted by molar-refractivity contribution is 6.00. The van der Waals surface area contributed by atoms with Crippen LogP contribution in [0.5, 0.6) is 0 Å². The molecule has 0 spiro atoms. The first kappa shape index (κ1) is 25.7. The number of aromatic nitrogens is 2. The number of benzene rings is 3. The van der Waals surface area contributed by atoms with Crippen molar-refractivity contribution in [2.45, 2.75) is 12.8 Å². The molecule has 3 N–H and O–H groups in total. The molecule has 0 unspecified atom stereocenters. The third-order valence-corrected chi connectivity index (χ3v) is 5.68. The molecular weight excluding hydrogens is 481 g/mol. The monoisotopic (exact) mass is 506 g/mol. The van der Waals surface area contributed by atoms with E-state index in [-0.39, 0.29) is 12.5 Å². The molecule has 1 heterocycles. The van der Waals surface area contributed by atoms with Crippen molar-refractivity contribution in [3.05, 3.63) is 107 Å². The Kier molecular flexibility index (Phi) is 7.45. The van der Waals surface area contributed by atoms with Gasteiger partial charge in [0.1, 0.15) is 12.4 Å². The molecule has 0 bridgehead atoms. The number of hydrogen-bond donors (Lipinski definition) is 3. The van der Waals surface area contributed by atoms with E-state index in [2.05, 4.69) is 15.3 Å². The van der Waals surface area contributed by atoms with Crippen molar-refractivity contribution in [1.29, 1.82) is 0 Å². The zero-order valence-electron chi connectivity index (χ0n) is 20.2. The van der Waals surface area contributed by atoms with Gasteiger partial charge in [0, 0.05) is 31.5 Å². The number of carbonyl (C=O) groups excluding carboxylic acids is 1. The molecule has 190 valence electrons. The van der Waals surface area contributed by atoms with E-state index in [1.807, 2.05) is 43.3 Å². The Morgan fingerprint density at radius 2 is 1.68 bits per heavy atom. The summed E-state index contributed by atoms with van der Waals surface area (Å²) >= 11 is 0. The van der Waals surface area contributed by atoms with Gasteiger partial charge in [-0.15, -0.1) is 0 Å². The van der Waals surface area contributed by atoms with Gasteiger partial charge >= 0.3 is 6.18 Å². The van der Waals surface area contributed by atoms with E-state index in [1.165, 1.54) is 18.2 Å². The van der Waals surface area contributed by atoms with Crippen LogP contribution in [0.1, 0.15) is 22.5 Å². The number of hydrogen-bond acceptors (Lipinski definition) is 4. The standard InChI is InChI=1S/C28H25F3N4O2/c1-35(2)22-13-8-19(9-14-22)23(18-6-10-20(11-7-18)28(29,30)31)4-3-5-27(37)32-21-12-15-24-25(16-21)34-26(17-36)33-24/h3-16,36H,17H2,1-2H3,(H,32,37)(H,33,34)/b5-3+,23-4+. The highest BCUT2D eigenvalue weighted by Gasteiger charge is 2.30. The molecule has 0 saturated carbocycles. The van der Waals surface area contributed by atoms with E-state index in [4.69, 9.17) is 0 Å². The molecule has 3 aromatic carbocycles. The summed E-state index contributed by atoms with van der Waals surface area (Å²) in [7, 11) is 3.83. The number of carbonyl (C=O) groups is 1. The van der Waals surface area contributed by atoms with Crippen LogP contribution in [0.25, 0.3) is 16.6 Å². The summed E-state index contributed by atoms with van der Waals surface area (Å²) in [4.78, 5) is 21.7. The summed E-state index contributed by atoms with van der Waals surface area (Å²) in [6, 6.07) is 17.7. The molecule has 0 radical (unpaired) electrons. The van der Waals surface area contributed by atoms with Crippen molar-refractivity contribution < 1.29 is 23.1 Å². The topological polar surface area (TPSA) is 81.2 Å². The molecule has 0 aliphatic heterocycles. The predicted octanol–water partition coefficient (Wildman–Crippen LogP) is 5.77. The molecule has 37 heavy (non-hydrogen) atoms. The van der Waals surface area contributed by atoms with E-state index < -0.39 is 11.7 Å². The summed E-state index contributed by atoms with van der Waals surface area (Å²) in [5.41, 5.74) is 4.16. The highest BCUT2D eigenvalue weighted by atomic mass is 19.4. The maximum atomic E-state index is 13.0. The molecule has 0 aliphatic rings. The van der Waals surface area contributed by atoms with Gasteiger partial charge in [0.2, 0.25) is 5.91 Å². The number of nitrogens with zero attached hydrogens (tertiary/aromatic N) is 2. The SMILES string of the molecule is CN(C)c1ccc(/C(=C/C=C/C(=O)Nc2ccc3[nH]c(CO)nc3c2)c2ccc(C(F)(F)F)cc2)cc1. The van der Waals surface area contributed by atoms with Crippen LogP contribution in [0.3, 0.4) is 0 Å². The van der Waals surface area contributed by atoms with Gasteiger partial charge in [0.05, 0.1) is 16.6 Å². The Hall–Kier alpha value is -4.37. The average molecular weight is 507 g/mol. The number of aromatic amines is 1. The Balaban J connectivity index is 1.58. The number of alkyl halides is 3. The van der Waals surface area contributed by atoms with Crippen molar-refractivity contribution in [3.63, 3.8) is 0 Å². The number of allylic oxidation sites excluding steroid dienone is 2. The Labute approximate surface area is 211 Å². The number of anilines is 2. The van der Waals surface area contributed by atoms with Crippen LogP contribution in [-0.2, 0) is 17.6 Å². The maximum absolute atomic E-state index is 13.0. The fourth-order valence-electron chi connectivity index (χ4n) is 3.76. The molecule has 0 atom stereocenters. The fourth-order valence-corrected chi connectivity index (χ4v) is 3.76. The normalized spacial score (nSPS) is 12.3. The smallest absolute Gasteiger partial charge is 0.388 e. The molecule has 1 amide bonds. The van der Waals surface area contributed by atoms with Crippen molar-refractivity contribution in [2.75, 3.05) is 24.3 Å². The quantitative estimate of drug-likeness (QED) is 0.220. The lowest BCUT2D eigenvalue weighted by atomic mass is 9.96. The van der Waals surface area contributed by atoms with Gasteiger partial charge in [-0.25, -0.2) is 4.98 Å². The third-order valence-electron chi connectivity index (χ3n) is 5.68. The maximum Gasteiger partial charge on any atom is 0.416 e. The highest BCUT2D eigenvalue weighted by Crippen LogP contribution is 2.32. The average Bonchev–Trinajstić information content (AvgIpc) is 3.29. The van der Waals surface area contributed by atoms with Crippen molar-refractivity contribution in [3.8, 4) is 0 Å². The minimum atomic E-state index is -4.42. The van der Waals surface area contributed by atoms with Gasteiger partial charge in [0.25, 0.3) is 0 Å². The first-order valence-corrected chi connectivity index (χ1v) is 11.4. The largest absolute Gasteiger partial charge is 0.416 e. The number of aliphatic hydroxyl groups excluding tert-OH is 1. The Morgan fingerprint density at radius 3 is 2.27 bits per heavy atom. The lowest BCUT2D eigenvalue weighted by Crippen LogP contribution is -2.08. The zero-order valence-corrected chi connectivity index (χ0v) is 20.2. The number of aliphatic hydroxyl groups is 1. The van der Waals surface area contributed by atoms with Gasteiger partial charge in [-0.05, 0) is 59.2 Å². The fraction of sp³-hybridized carbons (Fsp3) is 0.143. The summed E-state index contributed by atoms with van der Waals surface area (Å²) in [5.74, 6) is 0.0427. The molecule has 4 aromatic rings. The van der Waals surface area contributed by atoms with Crippen LogP contribution in [0.15, 0.2) is 85.0 Å². The van der Waals surface area contributed by atoms with Crippen molar-refractivity contribution in [2.24, 2.45) is 0 Å². The number of imidazole rings is 1. The number of halogens is 3. The second-order valence-electron chi connectivity index (χ2n) is 8.52. The molecule has 0 fully saturated rings. The molecule has 1 aromatic heterocycles. The van der Waals surface area contributed by atoms with Crippen LogP contribution in [0.4, 0.5) is 24.5 Å². The lowest BCUT2D eigenvalue weighted by molar-refractivity contribution is -0.137. The Morgan fingerprint density at radius 1 is 1.03 bits per heavy atom. The number of fused-ring (bicyclic) bond motifs is 1. The first-order valence-electron chi connectivity index (χ1n) is 11.4. The summed E-state index contributed by atoms with van der Waals surface area (Å²) in [6.07, 6.45) is 0.162. The predicted molar refractivity (Wildman–Crippen MR) is 139 cm³/mol.